The van der Waals surface area contributed by atoms with Gasteiger partial charge in [-0.15, -0.1) is 5.10 Å². The number of hydrogen-bond acceptors (Lipinski definition) is 6. The Balaban J connectivity index is 1.35. The number of aromatic nitrogens is 5. The highest BCUT2D eigenvalue weighted by molar-refractivity contribution is 5.76. The van der Waals surface area contributed by atoms with Gasteiger partial charge in [0.1, 0.15) is 0 Å². The summed E-state index contributed by atoms with van der Waals surface area (Å²) in [4.78, 5) is 18.8. The van der Waals surface area contributed by atoms with E-state index in [4.69, 9.17) is 4.52 Å². The lowest BCUT2D eigenvalue weighted by molar-refractivity contribution is -0.130. The van der Waals surface area contributed by atoms with E-state index >= 15 is 0 Å². The highest BCUT2D eigenvalue weighted by Gasteiger charge is 2.28. The minimum atomic E-state index is 0.120. The summed E-state index contributed by atoms with van der Waals surface area (Å²) in [5, 5.41) is 12.3. The molecule has 0 radical (unpaired) electrons. The normalized spacial score (nSPS) is 16.8. The van der Waals surface area contributed by atoms with E-state index in [1.54, 1.807) is 4.68 Å². The van der Waals surface area contributed by atoms with E-state index in [0.717, 1.165) is 19.4 Å². The van der Waals surface area contributed by atoms with Crippen molar-refractivity contribution in [3.05, 3.63) is 47.9 Å². The van der Waals surface area contributed by atoms with Gasteiger partial charge in [-0.1, -0.05) is 54.5 Å². The van der Waals surface area contributed by atoms with Crippen molar-refractivity contribution in [3.8, 4) is 11.6 Å². The van der Waals surface area contributed by atoms with E-state index in [2.05, 4.69) is 32.6 Å². The first-order valence-corrected chi connectivity index (χ1v) is 9.67. The summed E-state index contributed by atoms with van der Waals surface area (Å²) in [7, 11) is 0. The second-order valence-electron chi connectivity index (χ2n) is 7.46. The summed E-state index contributed by atoms with van der Waals surface area (Å²) in [5.74, 6) is 1.41. The molecule has 0 saturated carbocycles. The first-order chi connectivity index (χ1) is 13.6. The van der Waals surface area contributed by atoms with Crippen LogP contribution in [0.2, 0.25) is 0 Å². The van der Waals surface area contributed by atoms with Crippen molar-refractivity contribution in [2.75, 3.05) is 13.1 Å². The molecule has 0 unspecified atom stereocenters. The predicted octanol–water partition coefficient (Wildman–Crippen LogP) is 2.86. The lowest BCUT2D eigenvalue weighted by Gasteiger charge is -2.16. The molecule has 1 atom stereocenters. The molecule has 2 aromatic heterocycles. The third-order valence-electron chi connectivity index (χ3n) is 5.05. The summed E-state index contributed by atoms with van der Waals surface area (Å²) in [6, 6.07) is 10.2. The van der Waals surface area contributed by atoms with Gasteiger partial charge in [0, 0.05) is 25.4 Å². The lowest BCUT2D eigenvalue weighted by atomic mass is 10.1. The van der Waals surface area contributed by atoms with Gasteiger partial charge in [-0.2, -0.15) is 4.98 Å². The molecule has 0 aliphatic carbocycles. The Labute approximate surface area is 163 Å². The second kappa shape index (κ2) is 7.92. The van der Waals surface area contributed by atoms with Crippen LogP contribution in [0.3, 0.4) is 0 Å². The van der Waals surface area contributed by atoms with Gasteiger partial charge < -0.3 is 9.42 Å². The fourth-order valence-electron chi connectivity index (χ4n) is 3.36. The minimum absolute atomic E-state index is 0.120. The van der Waals surface area contributed by atoms with Gasteiger partial charge in [0.05, 0.1) is 12.2 Å². The number of nitrogens with zero attached hydrogens (tertiary/aromatic N) is 6. The molecule has 1 aliphatic heterocycles. The number of rotatable bonds is 6. The fraction of sp³-hybridized carbons (Fsp3) is 0.450. The lowest BCUT2D eigenvalue weighted by Crippen LogP contribution is -2.29. The Morgan fingerprint density at radius 3 is 2.86 bits per heavy atom. The first-order valence-electron chi connectivity index (χ1n) is 9.67. The Kier molecular flexibility index (Phi) is 5.18. The molecular weight excluding hydrogens is 356 g/mol. The molecule has 0 N–H and O–H groups in total. The van der Waals surface area contributed by atoms with Crippen LogP contribution in [0, 0.1) is 0 Å². The molecule has 3 aromatic rings. The molecule has 1 fully saturated rings. The van der Waals surface area contributed by atoms with Crippen LogP contribution in [0.15, 0.2) is 41.1 Å². The van der Waals surface area contributed by atoms with Crippen LogP contribution in [0.5, 0.6) is 0 Å². The maximum atomic E-state index is 12.5. The average Bonchev–Trinajstić information content (AvgIpc) is 3.46. The smallest absolute Gasteiger partial charge is 0.280 e. The van der Waals surface area contributed by atoms with Crippen molar-refractivity contribution >= 4 is 5.91 Å². The van der Waals surface area contributed by atoms with E-state index in [1.807, 2.05) is 43.1 Å². The van der Waals surface area contributed by atoms with Crippen molar-refractivity contribution in [1.29, 1.82) is 0 Å². The van der Waals surface area contributed by atoms with E-state index in [-0.39, 0.29) is 17.9 Å². The van der Waals surface area contributed by atoms with Crippen molar-refractivity contribution in [2.45, 2.75) is 45.1 Å². The molecule has 0 bridgehead atoms. The molecule has 146 valence electrons. The van der Waals surface area contributed by atoms with Crippen molar-refractivity contribution in [2.24, 2.45) is 0 Å². The molecular formula is C20H24N6O2. The zero-order chi connectivity index (χ0) is 19.5. The van der Waals surface area contributed by atoms with Gasteiger partial charge >= 0.3 is 0 Å². The number of hydrogen-bond donors (Lipinski definition) is 0. The van der Waals surface area contributed by atoms with Crippen molar-refractivity contribution in [3.63, 3.8) is 0 Å². The number of likely N-dealkylation sites (tertiary alicyclic amines) is 1. The summed E-state index contributed by atoms with van der Waals surface area (Å²) in [6.45, 7) is 5.41. The fourth-order valence-corrected chi connectivity index (χ4v) is 3.36. The van der Waals surface area contributed by atoms with Crippen molar-refractivity contribution < 1.29 is 9.32 Å². The van der Waals surface area contributed by atoms with E-state index < -0.39 is 0 Å². The minimum Gasteiger partial charge on any atom is -0.340 e. The van der Waals surface area contributed by atoms with Gasteiger partial charge in [0.2, 0.25) is 5.91 Å². The maximum absolute atomic E-state index is 12.5. The van der Waals surface area contributed by atoms with Crippen LogP contribution in [0.4, 0.5) is 0 Å². The Bertz CT molecular complexity index is 933. The van der Waals surface area contributed by atoms with E-state index in [0.29, 0.717) is 30.4 Å². The van der Waals surface area contributed by atoms with Gasteiger partial charge in [-0.05, 0) is 18.4 Å². The molecule has 8 heteroatoms. The Morgan fingerprint density at radius 1 is 1.29 bits per heavy atom. The Morgan fingerprint density at radius 2 is 2.11 bits per heavy atom. The SMILES string of the molecule is CC(C)c1noc(-c2cn([C@@H]3CCN(C(=O)CCc4ccccc4)C3)nn2)n1. The van der Waals surface area contributed by atoms with E-state index in [1.165, 1.54) is 5.56 Å². The van der Waals surface area contributed by atoms with Crippen LogP contribution in [0.25, 0.3) is 11.6 Å². The summed E-state index contributed by atoms with van der Waals surface area (Å²) in [5.41, 5.74) is 1.75. The Hall–Kier alpha value is -3.03. The molecule has 1 aromatic carbocycles. The van der Waals surface area contributed by atoms with Crippen LogP contribution < -0.4 is 0 Å². The van der Waals surface area contributed by atoms with E-state index in [9.17, 15) is 4.79 Å². The highest BCUT2D eigenvalue weighted by atomic mass is 16.5. The van der Waals surface area contributed by atoms with Crippen LogP contribution in [-0.2, 0) is 11.2 Å². The maximum Gasteiger partial charge on any atom is 0.280 e. The highest BCUT2D eigenvalue weighted by Crippen LogP contribution is 2.24. The van der Waals surface area contributed by atoms with Crippen molar-refractivity contribution in [1.82, 2.24) is 30.0 Å². The molecule has 1 amide bonds. The molecule has 8 nitrogen and oxygen atoms in total. The number of carbonyl (C=O) groups excluding carboxylic acids is 1. The molecule has 4 rings (SSSR count). The predicted molar refractivity (Wildman–Crippen MR) is 102 cm³/mol. The molecule has 28 heavy (non-hydrogen) atoms. The quantitative estimate of drug-likeness (QED) is 0.653. The van der Waals surface area contributed by atoms with Crippen LogP contribution in [0.1, 0.15) is 50.0 Å². The zero-order valence-corrected chi connectivity index (χ0v) is 16.2. The van der Waals surface area contributed by atoms with Gasteiger partial charge in [-0.25, -0.2) is 4.68 Å². The zero-order valence-electron chi connectivity index (χ0n) is 16.2. The number of aryl methyl sites for hydroxylation is 1. The number of benzene rings is 1. The van der Waals surface area contributed by atoms with Crippen LogP contribution in [-0.4, -0.2) is 49.0 Å². The summed E-state index contributed by atoms with van der Waals surface area (Å²) >= 11 is 0. The first kappa shape index (κ1) is 18.3. The van der Waals surface area contributed by atoms with Gasteiger partial charge in [-0.3, -0.25) is 4.79 Å². The number of carbonyl (C=O) groups is 1. The third-order valence-corrected chi connectivity index (χ3v) is 5.05. The molecule has 1 aliphatic rings. The molecule has 1 saturated heterocycles. The molecule has 3 heterocycles. The monoisotopic (exact) mass is 380 g/mol. The standard InChI is InChI=1S/C20H24N6O2/c1-14(2)19-21-20(28-23-19)17-13-26(24-22-17)16-10-11-25(12-16)18(27)9-8-15-6-4-3-5-7-15/h3-7,13-14,16H,8-12H2,1-2H3/t16-/m1/s1. The third kappa shape index (κ3) is 3.95. The van der Waals surface area contributed by atoms with Gasteiger partial charge in [0.25, 0.3) is 5.89 Å². The second-order valence-corrected chi connectivity index (χ2v) is 7.46. The molecule has 0 spiro atoms. The van der Waals surface area contributed by atoms with Gasteiger partial charge in [0.15, 0.2) is 11.5 Å². The number of amides is 1. The van der Waals surface area contributed by atoms with Crippen LogP contribution >= 0.6 is 0 Å². The average molecular weight is 380 g/mol. The summed E-state index contributed by atoms with van der Waals surface area (Å²) < 4.78 is 7.08. The summed E-state index contributed by atoms with van der Waals surface area (Å²) in [6.07, 6.45) is 3.98. The topological polar surface area (TPSA) is 89.9 Å². The largest absolute Gasteiger partial charge is 0.340 e.